The molecule has 0 aliphatic heterocycles. The zero-order chi connectivity index (χ0) is 20.3. The van der Waals surface area contributed by atoms with Gasteiger partial charge in [-0.25, -0.2) is 0 Å². The van der Waals surface area contributed by atoms with Gasteiger partial charge >= 0.3 is 17.1 Å². The van der Waals surface area contributed by atoms with Gasteiger partial charge in [0.1, 0.15) is 6.04 Å². The van der Waals surface area contributed by atoms with Gasteiger partial charge in [0.25, 0.3) is 5.69 Å². The van der Waals surface area contributed by atoms with Crippen molar-refractivity contribution in [1.82, 2.24) is 15.3 Å². The van der Waals surface area contributed by atoms with Crippen molar-refractivity contribution in [1.29, 1.82) is 0 Å². The van der Waals surface area contributed by atoms with Crippen LogP contribution in [-0.4, -0.2) is 32.0 Å². The summed E-state index contributed by atoms with van der Waals surface area (Å²) in [5.41, 5.74) is -0.793. The zero-order valence-corrected chi connectivity index (χ0v) is 14.5. The Balaban J connectivity index is 1.91. The Labute approximate surface area is 157 Å². The second-order valence-electron chi connectivity index (χ2n) is 6.15. The topological polar surface area (TPSA) is 158 Å². The van der Waals surface area contributed by atoms with Gasteiger partial charge in [0.15, 0.2) is 0 Å². The third kappa shape index (κ3) is 4.13. The van der Waals surface area contributed by atoms with E-state index in [4.69, 9.17) is 0 Å². The molecule has 0 fully saturated rings. The summed E-state index contributed by atoms with van der Waals surface area (Å²) < 4.78 is 0. The summed E-state index contributed by atoms with van der Waals surface area (Å²) in [5.74, 6) is -1.09. The van der Waals surface area contributed by atoms with Crippen molar-refractivity contribution >= 4 is 22.7 Å². The molecule has 0 saturated carbocycles. The molecule has 10 nitrogen and oxygen atoms in total. The number of hydrogen-bond acceptors (Lipinski definition) is 6. The molecule has 0 amide bonds. The highest BCUT2D eigenvalue weighted by atomic mass is 16.6. The molecule has 0 spiro atoms. The molecule has 0 radical (unpaired) electrons. The molecule has 1 atom stereocenters. The van der Waals surface area contributed by atoms with Crippen LogP contribution in [0.5, 0.6) is 0 Å². The van der Waals surface area contributed by atoms with Crippen LogP contribution >= 0.6 is 0 Å². The number of nitrogens with zero attached hydrogens (tertiary/aromatic N) is 1. The Morgan fingerprint density at radius 1 is 1.11 bits per heavy atom. The van der Waals surface area contributed by atoms with E-state index in [0.717, 1.165) is 11.6 Å². The molecule has 0 bridgehead atoms. The number of aromatic amines is 2. The Hall–Kier alpha value is -3.79. The van der Waals surface area contributed by atoms with Crippen LogP contribution in [0.25, 0.3) is 11.0 Å². The number of carbonyl (C=O) groups is 1. The minimum atomic E-state index is -1.09. The largest absolute Gasteiger partial charge is 0.480 e. The van der Waals surface area contributed by atoms with Crippen LogP contribution < -0.4 is 16.4 Å². The van der Waals surface area contributed by atoms with Crippen LogP contribution in [0.15, 0.2) is 52.1 Å². The highest BCUT2D eigenvalue weighted by Gasteiger charge is 2.21. The van der Waals surface area contributed by atoms with E-state index in [0.29, 0.717) is 0 Å². The number of nitrogens with one attached hydrogen (secondary N) is 3. The third-order valence-electron chi connectivity index (χ3n) is 4.24. The van der Waals surface area contributed by atoms with Crippen LogP contribution in [0, 0.1) is 10.1 Å². The summed E-state index contributed by atoms with van der Waals surface area (Å²) in [7, 11) is 0. The van der Waals surface area contributed by atoms with Crippen LogP contribution in [0.1, 0.15) is 11.1 Å². The first-order valence-corrected chi connectivity index (χ1v) is 8.29. The molecule has 144 valence electrons. The molecule has 0 unspecified atom stereocenters. The second-order valence-corrected chi connectivity index (χ2v) is 6.15. The average Bonchev–Trinajstić information content (AvgIpc) is 2.66. The molecule has 3 rings (SSSR count). The van der Waals surface area contributed by atoms with Crippen molar-refractivity contribution < 1.29 is 14.8 Å². The summed E-state index contributed by atoms with van der Waals surface area (Å²) in [6.45, 7) is -0.114. The molecule has 1 heterocycles. The van der Waals surface area contributed by atoms with E-state index in [1.54, 1.807) is 24.3 Å². The van der Waals surface area contributed by atoms with Crippen LogP contribution in [0.2, 0.25) is 0 Å². The lowest BCUT2D eigenvalue weighted by Crippen LogP contribution is -2.38. The van der Waals surface area contributed by atoms with E-state index >= 15 is 0 Å². The van der Waals surface area contributed by atoms with Crippen molar-refractivity contribution in [3.05, 3.63) is 84.4 Å². The molecule has 0 aliphatic rings. The zero-order valence-electron chi connectivity index (χ0n) is 14.5. The molecule has 0 aliphatic carbocycles. The number of nitro groups is 1. The number of carboxylic acid groups (broad SMARTS) is 1. The molecule has 3 aromatic rings. The summed E-state index contributed by atoms with van der Waals surface area (Å²) >= 11 is 0. The number of fused-ring (bicyclic) bond motifs is 1. The van der Waals surface area contributed by atoms with Crippen molar-refractivity contribution in [3.8, 4) is 0 Å². The predicted octanol–water partition coefficient (Wildman–Crippen LogP) is 0.910. The van der Waals surface area contributed by atoms with Gasteiger partial charge in [-0.15, -0.1) is 0 Å². The molecular weight excluding hydrogens is 368 g/mol. The highest BCUT2D eigenvalue weighted by Crippen LogP contribution is 2.23. The van der Waals surface area contributed by atoms with Gasteiger partial charge in [0.2, 0.25) is 0 Å². The Bertz CT molecular complexity index is 1150. The number of aliphatic carboxylic acids is 1. The second kappa shape index (κ2) is 7.84. The SMILES string of the molecule is O=C(O)[C@H](Cc1ccccc1)NCc1cc2[nH]c(=O)c(=O)[nH]c2cc1[N+](=O)[O-]. The van der Waals surface area contributed by atoms with Gasteiger partial charge in [-0.05, 0) is 18.1 Å². The number of aromatic nitrogens is 2. The van der Waals surface area contributed by atoms with Crippen molar-refractivity contribution in [3.63, 3.8) is 0 Å². The van der Waals surface area contributed by atoms with Gasteiger partial charge in [-0.3, -0.25) is 29.8 Å². The fraction of sp³-hybridized carbons (Fsp3) is 0.167. The molecule has 28 heavy (non-hydrogen) atoms. The van der Waals surface area contributed by atoms with Crippen molar-refractivity contribution in [2.45, 2.75) is 19.0 Å². The standard InChI is InChI=1S/C18H16N4O6/c23-16-17(24)21-13-8-15(22(27)28)11(7-12(13)20-16)9-19-14(18(25)26)6-10-4-2-1-3-5-10/h1-5,7-8,14,19H,6,9H2,(H,20,23)(H,21,24)(H,25,26)/t14-/m0/s1. The van der Waals surface area contributed by atoms with Crippen LogP contribution in [0.3, 0.4) is 0 Å². The number of carboxylic acids is 1. The Morgan fingerprint density at radius 3 is 2.29 bits per heavy atom. The number of H-pyrrole nitrogens is 2. The number of hydrogen-bond donors (Lipinski definition) is 4. The summed E-state index contributed by atoms with van der Waals surface area (Å²) in [5, 5.41) is 23.6. The molecular formula is C18H16N4O6. The highest BCUT2D eigenvalue weighted by molar-refractivity contribution is 5.78. The maximum absolute atomic E-state index is 11.6. The first-order chi connectivity index (χ1) is 13.3. The lowest BCUT2D eigenvalue weighted by molar-refractivity contribution is -0.385. The van der Waals surface area contributed by atoms with E-state index in [1.807, 2.05) is 6.07 Å². The normalized spacial score (nSPS) is 12.0. The number of nitro benzene ring substituents is 1. The maximum atomic E-state index is 11.6. The predicted molar refractivity (Wildman–Crippen MR) is 100 cm³/mol. The molecule has 10 heteroatoms. The monoisotopic (exact) mass is 384 g/mol. The smallest absolute Gasteiger partial charge is 0.321 e. The molecule has 0 saturated heterocycles. The van der Waals surface area contributed by atoms with Gasteiger partial charge in [0.05, 0.1) is 16.0 Å². The van der Waals surface area contributed by atoms with Crippen molar-refractivity contribution in [2.75, 3.05) is 0 Å². The van der Waals surface area contributed by atoms with Gasteiger partial charge in [0, 0.05) is 18.2 Å². The molecule has 2 aromatic carbocycles. The maximum Gasteiger partial charge on any atom is 0.321 e. The van der Waals surface area contributed by atoms with E-state index in [9.17, 15) is 29.6 Å². The number of rotatable bonds is 7. The fourth-order valence-electron chi connectivity index (χ4n) is 2.84. The van der Waals surface area contributed by atoms with E-state index in [-0.39, 0.29) is 35.2 Å². The third-order valence-corrected chi connectivity index (χ3v) is 4.24. The van der Waals surface area contributed by atoms with Crippen molar-refractivity contribution in [2.24, 2.45) is 0 Å². The van der Waals surface area contributed by atoms with Crippen LogP contribution in [0.4, 0.5) is 5.69 Å². The Kier molecular flexibility index (Phi) is 5.32. The summed E-state index contributed by atoms with van der Waals surface area (Å²) in [6, 6.07) is 10.5. The summed E-state index contributed by atoms with van der Waals surface area (Å²) in [4.78, 5) is 49.8. The lowest BCUT2D eigenvalue weighted by Gasteiger charge is -2.15. The van der Waals surface area contributed by atoms with Gasteiger partial charge in [-0.2, -0.15) is 0 Å². The Morgan fingerprint density at radius 2 is 1.71 bits per heavy atom. The molecule has 1 aromatic heterocycles. The summed E-state index contributed by atoms with van der Waals surface area (Å²) in [6.07, 6.45) is 0.196. The average molecular weight is 384 g/mol. The minimum absolute atomic E-state index is 0.110. The number of benzene rings is 2. The first-order valence-electron chi connectivity index (χ1n) is 8.29. The van der Waals surface area contributed by atoms with E-state index in [1.165, 1.54) is 6.07 Å². The first kappa shape index (κ1) is 19.0. The quantitative estimate of drug-likeness (QED) is 0.268. The van der Waals surface area contributed by atoms with Gasteiger partial charge in [-0.1, -0.05) is 30.3 Å². The minimum Gasteiger partial charge on any atom is -0.480 e. The van der Waals surface area contributed by atoms with Crippen LogP contribution in [-0.2, 0) is 17.8 Å². The fourth-order valence-corrected chi connectivity index (χ4v) is 2.84. The van der Waals surface area contributed by atoms with E-state index < -0.39 is 28.1 Å². The van der Waals surface area contributed by atoms with E-state index in [2.05, 4.69) is 15.3 Å². The molecule has 4 N–H and O–H groups in total. The lowest BCUT2D eigenvalue weighted by atomic mass is 10.1. The van der Waals surface area contributed by atoms with Gasteiger partial charge < -0.3 is 15.1 Å².